The summed E-state index contributed by atoms with van der Waals surface area (Å²) in [5.41, 5.74) is 1.16. The van der Waals surface area contributed by atoms with Crippen molar-refractivity contribution < 1.29 is 13.9 Å². The molecule has 0 aromatic heterocycles. The van der Waals surface area contributed by atoms with Crippen LogP contribution in [0.15, 0.2) is 24.3 Å². The molecule has 0 atom stereocenters. The fourth-order valence-corrected chi connectivity index (χ4v) is 2.45. The molecular weight excluding hydrogens is 283 g/mol. The lowest BCUT2D eigenvalue weighted by Gasteiger charge is -2.28. The zero-order valence-corrected chi connectivity index (χ0v) is 13.2. The maximum atomic E-state index is 13.0. The number of carbonyl (C=O) groups excluding carboxylic acids is 1. The van der Waals surface area contributed by atoms with E-state index < -0.39 is 6.17 Å². The number of carbonyl (C=O) groups is 1. The van der Waals surface area contributed by atoms with Crippen LogP contribution in [0.25, 0.3) is 0 Å². The van der Waals surface area contributed by atoms with Crippen LogP contribution in [-0.2, 0) is 6.42 Å². The normalized spacial score (nSPS) is 15.6. The number of benzene rings is 1. The van der Waals surface area contributed by atoms with E-state index in [0.717, 1.165) is 30.8 Å². The van der Waals surface area contributed by atoms with Crippen molar-refractivity contribution in [2.75, 3.05) is 26.2 Å². The molecule has 2 rings (SSSR count). The monoisotopic (exact) mass is 308 g/mol. The first kappa shape index (κ1) is 16.6. The molecular formula is C17H25FN2O2. The van der Waals surface area contributed by atoms with Gasteiger partial charge in [0, 0.05) is 19.6 Å². The summed E-state index contributed by atoms with van der Waals surface area (Å²) in [5, 5.41) is 2.90. The maximum absolute atomic E-state index is 13.0. The van der Waals surface area contributed by atoms with Gasteiger partial charge in [-0.1, -0.05) is 19.1 Å². The first-order valence-electron chi connectivity index (χ1n) is 8.07. The molecule has 1 aromatic rings. The van der Waals surface area contributed by atoms with Crippen LogP contribution in [0.3, 0.4) is 0 Å². The number of piperidine rings is 1. The van der Waals surface area contributed by atoms with E-state index in [9.17, 15) is 9.18 Å². The quantitative estimate of drug-likeness (QED) is 0.877. The molecule has 0 unspecified atom stereocenters. The molecule has 0 radical (unpaired) electrons. The number of likely N-dealkylation sites (tertiary alicyclic amines) is 1. The molecule has 5 heteroatoms. The van der Waals surface area contributed by atoms with Crippen molar-refractivity contribution in [3.63, 3.8) is 0 Å². The zero-order valence-electron chi connectivity index (χ0n) is 13.2. The molecule has 1 fully saturated rings. The summed E-state index contributed by atoms with van der Waals surface area (Å²) in [6, 6.07) is 7.87. The number of amides is 2. The predicted octanol–water partition coefficient (Wildman–Crippen LogP) is 3.16. The van der Waals surface area contributed by atoms with Gasteiger partial charge < -0.3 is 15.0 Å². The minimum Gasteiger partial charge on any atom is -0.494 e. The van der Waals surface area contributed by atoms with Crippen molar-refractivity contribution in [3.05, 3.63) is 29.8 Å². The van der Waals surface area contributed by atoms with Gasteiger partial charge in [0.05, 0.1) is 6.61 Å². The van der Waals surface area contributed by atoms with E-state index in [1.807, 2.05) is 24.3 Å². The second-order valence-electron chi connectivity index (χ2n) is 5.64. The average Bonchev–Trinajstić information content (AvgIpc) is 2.54. The highest BCUT2D eigenvalue weighted by Gasteiger charge is 2.21. The molecule has 22 heavy (non-hydrogen) atoms. The van der Waals surface area contributed by atoms with E-state index >= 15 is 0 Å². The summed E-state index contributed by atoms with van der Waals surface area (Å²) in [7, 11) is 0. The Morgan fingerprint density at radius 2 is 2.00 bits per heavy atom. The lowest BCUT2D eigenvalue weighted by atomic mass is 10.1. The van der Waals surface area contributed by atoms with Gasteiger partial charge >= 0.3 is 6.03 Å². The van der Waals surface area contributed by atoms with Crippen LogP contribution in [0, 0.1) is 0 Å². The zero-order chi connectivity index (χ0) is 15.8. The standard InChI is InChI=1S/C17H25FN2O2/c1-2-13-22-16-5-3-14(4-6-16)7-10-19-17(21)20-11-8-15(18)9-12-20/h3-6,15H,2,7-13H2,1H3,(H,19,21). The van der Waals surface area contributed by atoms with E-state index in [-0.39, 0.29) is 6.03 Å². The first-order chi connectivity index (χ1) is 10.7. The molecule has 1 aliphatic heterocycles. The van der Waals surface area contributed by atoms with Crippen LogP contribution in [0.5, 0.6) is 5.75 Å². The van der Waals surface area contributed by atoms with Crippen LogP contribution in [0.4, 0.5) is 9.18 Å². The lowest BCUT2D eigenvalue weighted by molar-refractivity contribution is 0.152. The summed E-state index contributed by atoms with van der Waals surface area (Å²) in [5.74, 6) is 0.878. The van der Waals surface area contributed by atoms with Gasteiger partial charge in [0.15, 0.2) is 0 Å². The summed E-state index contributed by atoms with van der Waals surface area (Å²) in [4.78, 5) is 13.6. The van der Waals surface area contributed by atoms with E-state index in [4.69, 9.17) is 4.74 Å². The molecule has 122 valence electrons. The number of ether oxygens (including phenoxy) is 1. The van der Waals surface area contributed by atoms with Crippen molar-refractivity contribution >= 4 is 6.03 Å². The Bertz CT molecular complexity index is 456. The van der Waals surface area contributed by atoms with Crippen molar-refractivity contribution in [1.82, 2.24) is 10.2 Å². The van der Waals surface area contributed by atoms with Gasteiger partial charge in [-0.2, -0.15) is 0 Å². The summed E-state index contributed by atoms with van der Waals surface area (Å²) < 4.78 is 18.6. The van der Waals surface area contributed by atoms with Gasteiger partial charge in [0.2, 0.25) is 0 Å². The predicted molar refractivity (Wildman–Crippen MR) is 85.0 cm³/mol. The van der Waals surface area contributed by atoms with Crippen LogP contribution in [0.2, 0.25) is 0 Å². The van der Waals surface area contributed by atoms with Crippen molar-refractivity contribution in [2.24, 2.45) is 0 Å². The van der Waals surface area contributed by atoms with Gasteiger partial charge in [-0.25, -0.2) is 9.18 Å². The van der Waals surface area contributed by atoms with Crippen molar-refractivity contribution in [1.29, 1.82) is 0 Å². The van der Waals surface area contributed by atoms with Crippen molar-refractivity contribution in [3.8, 4) is 5.75 Å². The number of nitrogens with one attached hydrogen (secondary N) is 1. The molecule has 1 heterocycles. The number of hydrogen-bond donors (Lipinski definition) is 1. The summed E-state index contributed by atoms with van der Waals surface area (Å²) >= 11 is 0. The number of nitrogens with zero attached hydrogens (tertiary/aromatic N) is 1. The van der Waals surface area contributed by atoms with Crippen molar-refractivity contribution in [2.45, 2.75) is 38.8 Å². The number of alkyl halides is 1. The van der Waals surface area contributed by atoms with Gasteiger partial charge in [0.1, 0.15) is 11.9 Å². The molecule has 0 aliphatic carbocycles. The third-order valence-electron chi connectivity index (χ3n) is 3.80. The highest BCUT2D eigenvalue weighted by Crippen LogP contribution is 2.14. The smallest absolute Gasteiger partial charge is 0.317 e. The van der Waals surface area contributed by atoms with E-state index in [0.29, 0.717) is 32.5 Å². The Balaban J connectivity index is 1.68. The second kappa shape index (κ2) is 8.61. The Morgan fingerprint density at radius 3 is 2.64 bits per heavy atom. The first-order valence-corrected chi connectivity index (χ1v) is 8.07. The molecule has 1 saturated heterocycles. The average molecular weight is 308 g/mol. The van der Waals surface area contributed by atoms with Crippen LogP contribution in [-0.4, -0.2) is 43.3 Å². The van der Waals surface area contributed by atoms with E-state index in [2.05, 4.69) is 12.2 Å². The van der Waals surface area contributed by atoms with E-state index in [1.54, 1.807) is 4.90 Å². The molecule has 1 N–H and O–H groups in total. The summed E-state index contributed by atoms with van der Waals surface area (Å²) in [6.07, 6.45) is 1.92. The SMILES string of the molecule is CCCOc1ccc(CCNC(=O)N2CCC(F)CC2)cc1. The largest absolute Gasteiger partial charge is 0.494 e. The highest BCUT2D eigenvalue weighted by molar-refractivity contribution is 5.74. The topological polar surface area (TPSA) is 41.6 Å². The molecule has 2 amide bonds. The third kappa shape index (κ3) is 5.20. The Hall–Kier alpha value is -1.78. The second-order valence-corrected chi connectivity index (χ2v) is 5.64. The van der Waals surface area contributed by atoms with Crippen LogP contribution >= 0.6 is 0 Å². The number of halogens is 1. The molecule has 1 aliphatic rings. The molecule has 4 nitrogen and oxygen atoms in total. The molecule has 0 bridgehead atoms. The van der Waals surface area contributed by atoms with Gasteiger partial charge in [0.25, 0.3) is 0 Å². The Morgan fingerprint density at radius 1 is 1.32 bits per heavy atom. The Labute approximate surface area is 131 Å². The maximum Gasteiger partial charge on any atom is 0.317 e. The molecule has 0 saturated carbocycles. The minimum atomic E-state index is -0.752. The van der Waals surface area contributed by atoms with Gasteiger partial charge in [-0.05, 0) is 43.4 Å². The number of hydrogen-bond acceptors (Lipinski definition) is 2. The number of rotatable bonds is 6. The summed E-state index contributed by atoms with van der Waals surface area (Å²) in [6.45, 7) is 4.41. The molecule has 0 spiro atoms. The van der Waals surface area contributed by atoms with Gasteiger partial charge in [-0.3, -0.25) is 0 Å². The number of urea groups is 1. The third-order valence-corrected chi connectivity index (χ3v) is 3.80. The fraction of sp³-hybridized carbons (Fsp3) is 0.588. The molecule has 1 aromatic carbocycles. The van der Waals surface area contributed by atoms with Crippen LogP contribution in [0.1, 0.15) is 31.7 Å². The Kier molecular flexibility index (Phi) is 6.49. The highest BCUT2D eigenvalue weighted by atomic mass is 19.1. The van der Waals surface area contributed by atoms with Gasteiger partial charge in [-0.15, -0.1) is 0 Å². The minimum absolute atomic E-state index is 0.0881. The fourth-order valence-electron chi connectivity index (χ4n) is 2.45. The van der Waals surface area contributed by atoms with E-state index in [1.165, 1.54) is 0 Å². The lowest BCUT2D eigenvalue weighted by Crippen LogP contribution is -2.45. The van der Waals surface area contributed by atoms with Crippen LogP contribution < -0.4 is 10.1 Å².